The first-order valence-corrected chi connectivity index (χ1v) is 6.44. The van der Waals surface area contributed by atoms with Crippen LogP contribution in [0.25, 0.3) is 0 Å². The first-order valence-electron chi connectivity index (χ1n) is 6.44. The molecule has 1 atom stereocenters. The maximum atomic E-state index is 11.4. The van der Waals surface area contributed by atoms with Crippen molar-refractivity contribution in [1.82, 2.24) is 15.2 Å². The molecule has 1 aromatic heterocycles. The monoisotopic (exact) mass is 267 g/mol. The van der Waals surface area contributed by atoms with E-state index in [-0.39, 0.29) is 24.2 Å². The molecular weight excluding hydrogens is 246 g/mol. The highest BCUT2D eigenvalue weighted by atomic mass is 16.3. The third kappa shape index (κ3) is 6.05. The van der Waals surface area contributed by atoms with Gasteiger partial charge in [0.15, 0.2) is 0 Å². The van der Waals surface area contributed by atoms with Crippen molar-refractivity contribution in [2.24, 2.45) is 0 Å². The second kappa shape index (κ2) is 8.31. The van der Waals surface area contributed by atoms with E-state index in [0.29, 0.717) is 13.1 Å². The molecule has 0 saturated heterocycles. The standard InChI is InChI=1S/C13H21N3O3/c1-11(10-17)15-13(19)14-7-3-5-9-16-8-4-2-6-12(16)18/h2,4,6,8,11,17H,3,5,7,9-10H2,1H3,(H2,14,15,19). The normalized spacial score (nSPS) is 11.9. The van der Waals surface area contributed by atoms with Crippen molar-refractivity contribution in [1.29, 1.82) is 0 Å². The Hall–Kier alpha value is -1.82. The lowest BCUT2D eigenvalue weighted by Crippen LogP contribution is -2.42. The van der Waals surface area contributed by atoms with Crippen molar-refractivity contribution < 1.29 is 9.90 Å². The number of nitrogens with zero attached hydrogens (tertiary/aromatic N) is 1. The van der Waals surface area contributed by atoms with E-state index in [0.717, 1.165) is 12.8 Å². The van der Waals surface area contributed by atoms with Crippen LogP contribution in [-0.4, -0.2) is 34.9 Å². The minimum Gasteiger partial charge on any atom is -0.394 e. The lowest BCUT2D eigenvalue weighted by molar-refractivity contribution is 0.220. The molecule has 1 unspecified atom stereocenters. The zero-order chi connectivity index (χ0) is 14.1. The number of unbranched alkanes of at least 4 members (excludes halogenated alkanes) is 1. The van der Waals surface area contributed by atoms with Gasteiger partial charge in [-0.15, -0.1) is 0 Å². The quantitative estimate of drug-likeness (QED) is 0.622. The van der Waals surface area contributed by atoms with E-state index in [4.69, 9.17) is 5.11 Å². The van der Waals surface area contributed by atoms with Crippen molar-refractivity contribution in [3.8, 4) is 0 Å². The zero-order valence-corrected chi connectivity index (χ0v) is 11.1. The van der Waals surface area contributed by atoms with Gasteiger partial charge in [0.2, 0.25) is 5.56 Å². The van der Waals surface area contributed by atoms with Crippen LogP contribution in [0.1, 0.15) is 19.8 Å². The summed E-state index contributed by atoms with van der Waals surface area (Å²) in [7, 11) is 0. The van der Waals surface area contributed by atoms with Crippen LogP contribution in [0.5, 0.6) is 0 Å². The molecule has 19 heavy (non-hydrogen) atoms. The molecule has 6 heteroatoms. The number of nitrogens with one attached hydrogen (secondary N) is 2. The molecule has 3 N–H and O–H groups in total. The first kappa shape index (κ1) is 15.2. The number of rotatable bonds is 7. The van der Waals surface area contributed by atoms with E-state index in [1.54, 1.807) is 23.8 Å². The summed E-state index contributed by atoms with van der Waals surface area (Å²) >= 11 is 0. The van der Waals surface area contributed by atoms with E-state index in [1.807, 2.05) is 6.07 Å². The highest BCUT2D eigenvalue weighted by Crippen LogP contribution is 1.92. The van der Waals surface area contributed by atoms with Gasteiger partial charge in [-0.1, -0.05) is 6.07 Å². The van der Waals surface area contributed by atoms with Gasteiger partial charge in [0.1, 0.15) is 0 Å². The molecule has 0 aliphatic heterocycles. The van der Waals surface area contributed by atoms with Crippen LogP contribution in [0.2, 0.25) is 0 Å². The lowest BCUT2D eigenvalue weighted by Gasteiger charge is -2.12. The number of amides is 2. The molecule has 0 aromatic carbocycles. The number of aliphatic hydroxyl groups excluding tert-OH is 1. The number of hydrogen-bond acceptors (Lipinski definition) is 3. The predicted molar refractivity (Wildman–Crippen MR) is 73.0 cm³/mol. The van der Waals surface area contributed by atoms with E-state index < -0.39 is 0 Å². The summed E-state index contributed by atoms with van der Waals surface area (Å²) in [4.78, 5) is 22.7. The summed E-state index contributed by atoms with van der Waals surface area (Å²) in [5, 5.41) is 14.1. The average Bonchev–Trinajstić information content (AvgIpc) is 2.40. The largest absolute Gasteiger partial charge is 0.394 e. The van der Waals surface area contributed by atoms with Crippen molar-refractivity contribution >= 4 is 6.03 Å². The summed E-state index contributed by atoms with van der Waals surface area (Å²) in [6.07, 6.45) is 3.37. The fourth-order valence-corrected chi connectivity index (χ4v) is 1.57. The van der Waals surface area contributed by atoms with Crippen LogP contribution in [0, 0.1) is 0 Å². The summed E-state index contributed by atoms with van der Waals surface area (Å²) in [5.41, 5.74) is -0.00928. The Labute approximate surface area is 112 Å². The topological polar surface area (TPSA) is 83.4 Å². The number of carbonyl (C=O) groups is 1. The summed E-state index contributed by atoms with van der Waals surface area (Å²) in [6.45, 7) is 2.84. The summed E-state index contributed by atoms with van der Waals surface area (Å²) in [6, 6.07) is 4.54. The van der Waals surface area contributed by atoms with E-state index in [9.17, 15) is 9.59 Å². The molecule has 0 saturated carbocycles. The number of aromatic nitrogens is 1. The molecule has 1 heterocycles. The molecule has 0 fully saturated rings. The van der Waals surface area contributed by atoms with Crippen molar-refractivity contribution in [2.45, 2.75) is 32.4 Å². The van der Waals surface area contributed by atoms with Crippen LogP contribution >= 0.6 is 0 Å². The fourth-order valence-electron chi connectivity index (χ4n) is 1.57. The Kier molecular flexibility index (Phi) is 6.67. The summed E-state index contributed by atoms with van der Waals surface area (Å²) < 4.78 is 1.65. The minimum absolute atomic E-state index is 0.00928. The van der Waals surface area contributed by atoms with Gasteiger partial charge >= 0.3 is 6.03 Å². The molecule has 6 nitrogen and oxygen atoms in total. The molecular formula is C13H21N3O3. The van der Waals surface area contributed by atoms with Crippen LogP contribution in [0.3, 0.4) is 0 Å². The maximum Gasteiger partial charge on any atom is 0.315 e. The van der Waals surface area contributed by atoms with Crippen LogP contribution in [0.4, 0.5) is 4.79 Å². The van der Waals surface area contributed by atoms with Crippen LogP contribution in [0.15, 0.2) is 29.2 Å². The number of carbonyl (C=O) groups excluding carboxylic acids is 1. The first-order chi connectivity index (χ1) is 9.13. The molecule has 2 amide bonds. The van der Waals surface area contributed by atoms with Gasteiger partial charge < -0.3 is 20.3 Å². The molecule has 1 aromatic rings. The van der Waals surface area contributed by atoms with E-state index in [1.165, 1.54) is 6.07 Å². The molecule has 0 aliphatic carbocycles. The number of hydrogen-bond donors (Lipinski definition) is 3. The highest BCUT2D eigenvalue weighted by Gasteiger charge is 2.04. The Balaban J connectivity index is 2.13. The minimum atomic E-state index is -0.279. The Morgan fingerprint density at radius 3 is 2.89 bits per heavy atom. The van der Waals surface area contributed by atoms with E-state index in [2.05, 4.69) is 10.6 Å². The van der Waals surface area contributed by atoms with Crippen LogP contribution in [-0.2, 0) is 6.54 Å². The Morgan fingerprint density at radius 2 is 2.21 bits per heavy atom. The number of aliphatic hydroxyl groups is 1. The Bertz CT molecular complexity index is 445. The summed E-state index contributed by atoms with van der Waals surface area (Å²) in [5.74, 6) is 0. The zero-order valence-electron chi connectivity index (χ0n) is 11.1. The molecule has 0 spiro atoms. The molecule has 1 rings (SSSR count). The second-order valence-electron chi connectivity index (χ2n) is 4.42. The van der Waals surface area contributed by atoms with Crippen molar-refractivity contribution in [3.63, 3.8) is 0 Å². The maximum absolute atomic E-state index is 11.4. The van der Waals surface area contributed by atoms with Gasteiger partial charge in [-0.05, 0) is 25.8 Å². The van der Waals surface area contributed by atoms with Gasteiger partial charge in [-0.3, -0.25) is 4.79 Å². The van der Waals surface area contributed by atoms with E-state index >= 15 is 0 Å². The fraction of sp³-hybridized carbons (Fsp3) is 0.538. The third-order valence-electron chi connectivity index (χ3n) is 2.66. The Morgan fingerprint density at radius 1 is 1.42 bits per heavy atom. The molecule has 0 radical (unpaired) electrons. The SMILES string of the molecule is CC(CO)NC(=O)NCCCCn1ccccc1=O. The van der Waals surface area contributed by atoms with Gasteiger partial charge in [0, 0.05) is 25.4 Å². The van der Waals surface area contributed by atoms with Gasteiger partial charge in [-0.25, -0.2) is 4.79 Å². The average molecular weight is 267 g/mol. The van der Waals surface area contributed by atoms with Crippen molar-refractivity contribution in [2.75, 3.05) is 13.2 Å². The molecule has 0 aliphatic rings. The number of aryl methyl sites for hydroxylation is 1. The molecule has 106 valence electrons. The predicted octanol–water partition coefficient (Wildman–Crippen LogP) is 0.308. The van der Waals surface area contributed by atoms with Gasteiger partial charge in [-0.2, -0.15) is 0 Å². The third-order valence-corrected chi connectivity index (χ3v) is 2.66. The highest BCUT2D eigenvalue weighted by molar-refractivity contribution is 5.74. The van der Waals surface area contributed by atoms with Crippen LogP contribution < -0.4 is 16.2 Å². The van der Waals surface area contributed by atoms with Crippen molar-refractivity contribution in [3.05, 3.63) is 34.7 Å². The lowest BCUT2D eigenvalue weighted by atomic mass is 10.3. The van der Waals surface area contributed by atoms with Gasteiger partial charge in [0.05, 0.1) is 12.6 Å². The number of pyridine rings is 1. The number of urea groups is 1. The molecule has 0 bridgehead atoms. The van der Waals surface area contributed by atoms with Gasteiger partial charge in [0.25, 0.3) is 0 Å². The second-order valence-corrected chi connectivity index (χ2v) is 4.42. The smallest absolute Gasteiger partial charge is 0.315 e.